The first kappa shape index (κ1) is 14.7. The first-order chi connectivity index (χ1) is 8.56. The molecule has 0 radical (unpaired) electrons. The minimum absolute atomic E-state index is 0.00719. The summed E-state index contributed by atoms with van der Waals surface area (Å²) in [6, 6.07) is 9.37. The summed E-state index contributed by atoms with van der Waals surface area (Å²) in [5, 5.41) is 9.09. The average Bonchev–Trinajstić information content (AvgIpc) is 2.34. The minimum Gasteiger partial charge on any atom is -0.293 e. The van der Waals surface area contributed by atoms with Crippen LogP contribution in [0.25, 0.3) is 0 Å². The van der Waals surface area contributed by atoms with Crippen LogP contribution in [-0.4, -0.2) is 29.8 Å². The van der Waals surface area contributed by atoms with Crippen molar-refractivity contribution in [2.24, 2.45) is 0 Å². The summed E-state index contributed by atoms with van der Waals surface area (Å²) < 4.78 is 0. The largest absolute Gasteiger partial charge is 0.293 e. The van der Waals surface area contributed by atoms with Crippen molar-refractivity contribution in [2.45, 2.75) is 26.3 Å². The van der Waals surface area contributed by atoms with E-state index in [0.29, 0.717) is 30.1 Å². The van der Waals surface area contributed by atoms with Crippen molar-refractivity contribution in [3.63, 3.8) is 0 Å². The maximum atomic E-state index is 12.1. The standard InChI is InChI=1S/C14H17ClN2O/c1-11(2)17(9-5-8-16)10-14(18)12-6-3-4-7-13(12)15/h3-4,6-7,11H,5,9-10H2,1-2H3. The van der Waals surface area contributed by atoms with Crippen LogP contribution in [0.3, 0.4) is 0 Å². The quantitative estimate of drug-likeness (QED) is 0.742. The van der Waals surface area contributed by atoms with Gasteiger partial charge in [0.2, 0.25) is 0 Å². The molecule has 0 saturated carbocycles. The van der Waals surface area contributed by atoms with Crippen molar-refractivity contribution >= 4 is 17.4 Å². The van der Waals surface area contributed by atoms with Gasteiger partial charge < -0.3 is 0 Å². The number of nitrogens with zero attached hydrogens (tertiary/aromatic N) is 2. The topological polar surface area (TPSA) is 44.1 Å². The second-order valence-corrected chi connectivity index (χ2v) is 4.78. The molecule has 96 valence electrons. The SMILES string of the molecule is CC(C)N(CCC#N)CC(=O)c1ccccc1Cl. The molecule has 0 saturated heterocycles. The zero-order chi connectivity index (χ0) is 13.5. The van der Waals surface area contributed by atoms with Gasteiger partial charge in [-0.15, -0.1) is 0 Å². The number of ketones is 1. The van der Waals surface area contributed by atoms with Gasteiger partial charge in [0.1, 0.15) is 0 Å². The van der Waals surface area contributed by atoms with Crippen LogP contribution in [-0.2, 0) is 0 Å². The van der Waals surface area contributed by atoms with Crippen molar-refractivity contribution in [1.29, 1.82) is 5.26 Å². The molecule has 0 amide bonds. The van der Waals surface area contributed by atoms with Gasteiger partial charge in [-0.1, -0.05) is 23.7 Å². The lowest BCUT2D eigenvalue weighted by Crippen LogP contribution is -2.36. The predicted molar refractivity (Wildman–Crippen MR) is 72.7 cm³/mol. The van der Waals surface area contributed by atoms with E-state index in [1.165, 1.54) is 0 Å². The van der Waals surface area contributed by atoms with Gasteiger partial charge in [-0.25, -0.2) is 0 Å². The van der Waals surface area contributed by atoms with E-state index in [1.807, 2.05) is 18.7 Å². The number of carbonyl (C=O) groups is 1. The number of hydrogen-bond donors (Lipinski definition) is 0. The number of Topliss-reactive ketones (excluding diaryl/α,β-unsaturated/α-hetero) is 1. The molecule has 0 atom stereocenters. The van der Waals surface area contributed by atoms with Crippen LogP contribution in [0.1, 0.15) is 30.6 Å². The maximum absolute atomic E-state index is 12.1. The summed E-state index contributed by atoms with van der Waals surface area (Å²) in [5.74, 6) is -0.00719. The molecular formula is C14H17ClN2O. The molecule has 0 spiro atoms. The van der Waals surface area contributed by atoms with Crippen molar-refractivity contribution in [3.8, 4) is 6.07 Å². The monoisotopic (exact) mass is 264 g/mol. The highest BCUT2D eigenvalue weighted by Crippen LogP contribution is 2.16. The third kappa shape index (κ3) is 4.14. The summed E-state index contributed by atoms with van der Waals surface area (Å²) in [6.07, 6.45) is 0.425. The molecule has 1 aromatic carbocycles. The first-order valence-corrected chi connectivity index (χ1v) is 6.32. The van der Waals surface area contributed by atoms with Crippen LogP contribution >= 0.6 is 11.6 Å². The Morgan fingerprint density at radius 1 is 1.44 bits per heavy atom. The van der Waals surface area contributed by atoms with E-state index in [-0.39, 0.29) is 11.8 Å². The summed E-state index contributed by atoms with van der Waals surface area (Å²) in [5.41, 5.74) is 0.543. The molecule has 1 aromatic rings. The van der Waals surface area contributed by atoms with E-state index in [2.05, 4.69) is 6.07 Å². The lowest BCUT2D eigenvalue weighted by Gasteiger charge is -2.24. The third-order valence-corrected chi connectivity index (χ3v) is 3.09. The Kier molecular flexibility index (Phi) is 5.84. The Morgan fingerprint density at radius 2 is 2.11 bits per heavy atom. The molecular weight excluding hydrogens is 248 g/mol. The highest BCUT2D eigenvalue weighted by molar-refractivity contribution is 6.34. The number of carbonyl (C=O) groups excluding carboxylic acids is 1. The molecule has 0 aromatic heterocycles. The van der Waals surface area contributed by atoms with Gasteiger partial charge in [0.15, 0.2) is 5.78 Å². The maximum Gasteiger partial charge on any atom is 0.178 e. The number of hydrogen-bond acceptors (Lipinski definition) is 3. The van der Waals surface area contributed by atoms with E-state index >= 15 is 0 Å². The molecule has 0 aliphatic heterocycles. The van der Waals surface area contributed by atoms with E-state index in [4.69, 9.17) is 16.9 Å². The van der Waals surface area contributed by atoms with Crippen LogP contribution in [0.5, 0.6) is 0 Å². The van der Waals surface area contributed by atoms with Gasteiger partial charge >= 0.3 is 0 Å². The Hall–Kier alpha value is -1.37. The first-order valence-electron chi connectivity index (χ1n) is 5.95. The third-order valence-electron chi connectivity index (χ3n) is 2.76. The normalized spacial score (nSPS) is 10.7. The second kappa shape index (κ2) is 7.15. The molecule has 1 rings (SSSR count). The molecule has 0 N–H and O–H groups in total. The number of halogens is 1. The highest BCUT2D eigenvalue weighted by atomic mass is 35.5. The Morgan fingerprint density at radius 3 is 2.67 bits per heavy atom. The van der Waals surface area contributed by atoms with E-state index in [0.717, 1.165) is 0 Å². The molecule has 3 nitrogen and oxygen atoms in total. The molecule has 0 unspecified atom stereocenters. The Bertz CT molecular complexity index is 451. The number of benzene rings is 1. The fourth-order valence-electron chi connectivity index (χ4n) is 1.67. The fourth-order valence-corrected chi connectivity index (χ4v) is 1.91. The zero-order valence-electron chi connectivity index (χ0n) is 10.7. The van der Waals surface area contributed by atoms with Crippen LogP contribution < -0.4 is 0 Å². The summed E-state index contributed by atoms with van der Waals surface area (Å²) >= 11 is 5.99. The van der Waals surface area contributed by atoms with E-state index in [9.17, 15) is 4.79 Å². The Balaban J connectivity index is 2.73. The van der Waals surface area contributed by atoms with Gasteiger partial charge in [-0.3, -0.25) is 9.69 Å². The second-order valence-electron chi connectivity index (χ2n) is 4.38. The van der Waals surface area contributed by atoms with Gasteiger partial charge in [-0.05, 0) is 26.0 Å². The summed E-state index contributed by atoms with van der Waals surface area (Å²) in [7, 11) is 0. The van der Waals surface area contributed by atoms with Crippen LogP contribution in [0, 0.1) is 11.3 Å². The lowest BCUT2D eigenvalue weighted by molar-refractivity contribution is 0.0908. The molecule has 0 aliphatic rings. The van der Waals surface area contributed by atoms with Gasteiger partial charge in [-0.2, -0.15) is 5.26 Å². The summed E-state index contributed by atoms with van der Waals surface area (Å²) in [6.45, 7) is 4.92. The smallest absolute Gasteiger partial charge is 0.178 e. The predicted octanol–water partition coefficient (Wildman–Crippen LogP) is 3.15. The zero-order valence-corrected chi connectivity index (χ0v) is 11.4. The minimum atomic E-state index is -0.00719. The lowest BCUT2D eigenvalue weighted by atomic mass is 10.1. The van der Waals surface area contributed by atoms with Crippen molar-refractivity contribution in [3.05, 3.63) is 34.9 Å². The molecule has 0 fully saturated rings. The highest BCUT2D eigenvalue weighted by Gasteiger charge is 2.16. The van der Waals surface area contributed by atoms with Gasteiger partial charge in [0, 0.05) is 24.6 Å². The van der Waals surface area contributed by atoms with Crippen molar-refractivity contribution in [1.82, 2.24) is 4.90 Å². The van der Waals surface area contributed by atoms with E-state index < -0.39 is 0 Å². The average molecular weight is 265 g/mol. The Labute approximate surface area is 113 Å². The molecule has 18 heavy (non-hydrogen) atoms. The molecule has 0 bridgehead atoms. The summed E-state index contributed by atoms with van der Waals surface area (Å²) in [4.78, 5) is 14.1. The van der Waals surface area contributed by atoms with Crippen LogP contribution in [0.4, 0.5) is 0 Å². The molecule has 0 heterocycles. The number of nitriles is 1. The fraction of sp³-hybridized carbons (Fsp3) is 0.429. The van der Waals surface area contributed by atoms with Crippen LogP contribution in [0.15, 0.2) is 24.3 Å². The van der Waals surface area contributed by atoms with Crippen molar-refractivity contribution < 1.29 is 4.79 Å². The van der Waals surface area contributed by atoms with Gasteiger partial charge in [0.25, 0.3) is 0 Å². The van der Waals surface area contributed by atoms with Crippen LogP contribution in [0.2, 0.25) is 5.02 Å². The van der Waals surface area contributed by atoms with Crippen molar-refractivity contribution in [2.75, 3.05) is 13.1 Å². The molecule has 0 aliphatic carbocycles. The molecule has 4 heteroatoms. The van der Waals surface area contributed by atoms with Gasteiger partial charge in [0.05, 0.1) is 17.6 Å². The number of rotatable bonds is 6. The van der Waals surface area contributed by atoms with E-state index in [1.54, 1.807) is 24.3 Å².